The van der Waals surface area contributed by atoms with Crippen molar-refractivity contribution in [1.82, 2.24) is 25.4 Å². The number of alkyl halides is 3. The number of hydrogen-bond acceptors (Lipinski definition) is 5. The largest absolute Gasteiger partial charge is 0.416 e. The Labute approximate surface area is 231 Å². The first-order valence-electron chi connectivity index (χ1n) is 11.8. The Kier molecular flexibility index (Phi) is 6.18. The molecule has 6 rings (SSSR count). The van der Waals surface area contributed by atoms with Crippen LogP contribution in [0.3, 0.4) is 0 Å². The van der Waals surface area contributed by atoms with Gasteiger partial charge in [0.05, 0.1) is 11.6 Å². The van der Waals surface area contributed by atoms with Crippen LogP contribution in [-0.4, -0.2) is 31.9 Å². The van der Waals surface area contributed by atoms with Crippen LogP contribution >= 0.6 is 11.6 Å². The van der Waals surface area contributed by atoms with E-state index in [0.717, 1.165) is 12.1 Å². The van der Waals surface area contributed by atoms with Gasteiger partial charge in [0.15, 0.2) is 5.65 Å². The van der Waals surface area contributed by atoms with E-state index >= 15 is 0 Å². The highest BCUT2D eigenvalue weighted by Crippen LogP contribution is 2.42. The van der Waals surface area contributed by atoms with Gasteiger partial charge in [0.1, 0.15) is 11.6 Å². The van der Waals surface area contributed by atoms with Crippen molar-refractivity contribution in [3.05, 3.63) is 111 Å². The van der Waals surface area contributed by atoms with Crippen LogP contribution in [0.25, 0.3) is 16.8 Å². The summed E-state index contributed by atoms with van der Waals surface area (Å²) in [5, 5.41) is 16.6. The summed E-state index contributed by atoms with van der Waals surface area (Å²) in [4.78, 5) is 26.3. The number of pyridine rings is 1. The fourth-order valence-electron chi connectivity index (χ4n) is 4.66. The lowest BCUT2D eigenvalue weighted by Crippen LogP contribution is -2.21. The predicted octanol–water partition coefficient (Wildman–Crippen LogP) is 5.83. The molecule has 0 saturated heterocycles. The minimum atomic E-state index is -4.90. The molecule has 0 unspecified atom stereocenters. The molecule has 0 spiro atoms. The molecule has 3 aromatic carbocycles. The fraction of sp³-hybridized carbons (Fsp3) is 0.0741. The number of halogens is 6. The van der Waals surface area contributed by atoms with E-state index in [9.17, 15) is 31.5 Å². The number of nitrogens with one attached hydrogen (secondary N) is 2. The number of carbonyl (C=O) groups excluding carboxylic acids is 2. The molecule has 1 aliphatic rings. The van der Waals surface area contributed by atoms with E-state index in [1.807, 2.05) is 0 Å². The second kappa shape index (κ2) is 9.63. The first kappa shape index (κ1) is 26.3. The standard InChI is InChI=1S/C27H14ClF5N6O2/c28-20-3-2-16(29)10-18(20)24-23-19(26(41)35-24)7-13(12-1-4-22-36-37-38-39(22)11-12)8-21(23)34-25(40)14-5-15(27(31,32)33)9-17(30)6-14/h1-11,24H,(H,34,40)(H,35,41)/t24-/m0/s1. The van der Waals surface area contributed by atoms with E-state index in [2.05, 4.69) is 26.2 Å². The van der Waals surface area contributed by atoms with Gasteiger partial charge in [-0.1, -0.05) is 11.6 Å². The maximum atomic E-state index is 14.2. The van der Waals surface area contributed by atoms with Gasteiger partial charge in [-0.15, -0.1) is 5.10 Å². The molecular formula is C27H14ClF5N6O2. The molecule has 2 N–H and O–H groups in total. The van der Waals surface area contributed by atoms with Gasteiger partial charge in [-0.2, -0.15) is 13.2 Å². The third kappa shape index (κ3) is 4.84. The maximum Gasteiger partial charge on any atom is 0.416 e. The van der Waals surface area contributed by atoms with E-state index in [0.29, 0.717) is 28.9 Å². The van der Waals surface area contributed by atoms with Crippen molar-refractivity contribution in [1.29, 1.82) is 0 Å². The van der Waals surface area contributed by atoms with E-state index in [-0.39, 0.29) is 33.5 Å². The van der Waals surface area contributed by atoms with E-state index in [1.165, 1.54) is 22.7 Å². The number of aromatic nitrogens is 4. The zero-order chi connectivity index (χ0) is 29.1. The van der Waals surface area contributed by atoms with Crippen LogP contribution in [0.5, 0.6) is 0 Å². The highest BCUT2D eigenvalue weighted by molar-refractivity contribution is 6.31. The molecule has 0 fully saturated rings. The van der Waals surface area contributed by atoms with Crippen molar-refractivity contribution in [3.63, 3.8) is 0 Å². The van der Waals surface area contributed by atoms with Crippen LogP contribution in [0.4, 0.5) is 27.6 Å². The van der Waals surface area contributed by atoms with Gasteiger partial charge in [-0.3, -0.25) is 9.59 Å². The molecule has 0 bridgehead atoms. The molecule has 3 heterocycles. The van der Waals surface area contributed by atoms with Gasteiger partial charge in [0, 0.05) is 44.7 Å². The quantitative estimate of drug-likeness (QED) is 0.259. The summed E-state index contributed by atoms with van der Waals surface area (Å²) in [5.74, 6) is -3.55. The third-order valence-corrected chi connectivity index (χ3v) is 6.86. The van der Waals surface area contributed by atoms with Crippen LogP contribution in [0.2, 0.25) is 5.02 Å². The molecule has 1 aliphatic heterocycles. The molecule has 206 valence electrons. The Morgan fingerprint density at radius 3 is 2.56 bits per heavy atom. The van der Waals surface area contributed by atoms with E-state index in [4.69, 9.17) is 11.6 Å². The fourth-order valence-corrected chi connectivity index (χ4v) is 4.89. The first-order valence-corrected chi connectivity index (χ1v) is 12.2. The second-order valence-electron chi connectivity index (χ2n) is 9.14. The minimum Gasteiger partial charge on any atom is -0.341 e. The van der Waals surface area contributed by atoms with Crippen LogP contribution in [-0.2, 0) is 6.18 Å². The molecule has 1 atom stereocenters. The monoisotopic (exact) mass is 584 g/mol. The number of anilines is 1. The first-order chi connectivity index (χ1) is 19.5. The molecule has 14 heteroatoms. The van der Waals surface area contributed by atoms with Crippen molar-refractivity contribution in [2.75, 3.05) is 5.32 Å². The Balaban J connectivity index is 1.51. The lowest BCUT2D eigenvalue weighted by Gasteiger charge is -2.19. The SMILES string of the molecule is O=C(Nc1cc(-c2ccc3nnnn3c2)cc2c1[C@H](c1cc(F)ccc1Cl)NC2=O)c1cc(F)cc(C(F)(F)F)c1. The molecule has 0 saturated carbocycles. The summed E-state index contributed by atoms with van der Waals surface area (Å²) >= 11 is 6.32. The highest BCUT2D eigenvalue weighted by Gasteiger charge is 2.36. The van der Waals surface area contributed by atoms with Gasteiger partial charge in [0.25, 0.3) is 11.8 Å². The van der Waals surface area contributed by atoms with Crippen LogP contribution in [0, 0.1) is 11.6 Å². The van der Waals surface area contributed by atoms with Gasteiger partial charge >= 0.3 is 6.18 Å². The Morgan fingerprint density at radius 2 is 1.78 bits per heavy atom. The van der Waals surface area contributed by atoms with Crippen molar-refractivity contribution >= 4 is 34.7 Å². The molecular weight excluding hydrogens is 571 g/mol. The molecule has 0 radical (unpaired) electrons. The molecule has 2 amide bonds. The molecule has 2 aromatic heterocycles. The summed E-state index contributed by atoms with van der Waals surface area (Å²) in [6.07, 6.45) is -3.33. The molecule has 8 nitrogen and oxygen atoms in total. The molecule has 41 heavy (non-hydrogen) atoms. The molecule has 0 aliphatic carbocycles. The van der Waals surface area contributed by atoms with Crippen molar-refractivity contribution < 1.29 is 31.5 Å². The smallest absolute Gasteiger partial charge is 0.341 e. The summed E-state index contributed by atoms with van der Waals surface area (Å²) in [7, 11) is 0. The van der Waals surface area contributed by atoms with Crippen molar-refractivity contribution in [2.45, 2.75) is 12.2 Å². The van der Waals surface area contributed by atoms with Gasteiger partial charge in [-0.05, 0) is 76.7 Å². The zero-order valence-corrected chi connectivity index (χ0v) is 21.1. The molecule has 5 aromatic rings. The Morgan fingerprint density at radius 1 is 0.976 bits per heavy atom. The maximum absolute atomic E-state index is 14.2. The van der Waals surface area contributed by atoms with Crippen LogP contribution in [0.15, 0.2) is 66.9 Å². The minimum absolute atomic E-state index is 0.000750. The van der Waals surface area contributed by atoms with E-state index < -0.39 is 46.8 Å². The Hall–Kier alpha value is -4.91. The van der Waals surface area contributed by atoms with E-state index in [1.54, 1.807) is 18.3 Å². The average Bonchev–Trinajstić information content (AvgIpc) is 3.53. The van der Waals surface area contributed by atoms with Gasteiger partial charge in [-0.25, -0.2) is 13.3 Å². The number of amides is 2. The van der Waals surface area contributed by atoms with Crippen molar-refractivity contribution in [3.8, 4) is 11.1 Å². The normalized spacial score (nSPS) is 14.7. The van der Waals surface area contributed by atoms with Gasteiger partial charge in [0.2, 0.25) is 0 Å². The average molecular weight is 585 g/mol. The summed E-state index contributed by atoms with van der Waals surface area (Å²) in [6.45, 7) is 0. The number of carbonyl (C=O) groups is 2. The number of tetrazole rings is 1. The van der Waals surface area contributed by atoms with Crippen LogP contribution < -0.4 is 10.6 Å². The Bertz CT molecular complexity index is 1890. The second-order valence-corrected chi connectivity index (χ2v) is 9.54. The summed E-state index contributed by atoms with van der Waals surface area (Å²) in [5.41, 5.74) is -0.120. The topological polar surface area (TPSA) is 101 Å². The zero-order valence-electron chi connectivity index (χ0n) is 20.3. The number of hydrogen-bond donors (Lipinski definition) is 2. The predicted molar refractivity (Wildman–Crippen MR) is 136 cm³/mol. The number of nitrogens with zero attached hydrogens (tertiary/aromatic N) is 4. The van der Waals surface area contributed by atoms with Crippen molar-refractivity contribution in [2.24, 2.45) is 0 Å². The summed E-state index contributed by atoms with van der Waals surface area (Å²) in [6, 6.07) is 10.3. The number of rotatable bonds is 4. The van der Waals surface area contributed by atoms with Gasteiger partial charge < -0.3 is 10.6 Å². The number of fused-ring (bicyclic) bond motifs is 2. The number of benzene rings is 3. The van der Waals surface area contributed by atoms with Crippen LogP contribution in [0.1, 0.15) is 43.4 Å². The highest BCUT2D eigenvalue weighted by atomic mass is 35.5. The lowest BCUT2D eigenvalue weighted by atomic mass is 9.93. The summed E-state index contributed by atoms with van der Waals surface area (Å²) < 4.78 is 69.5. The third-order valence-electron chi connectivity index (χ3n) is 6.52. The lowest BCUT2D eigenvalue weighted by molar-refractivity contribution is -0.137.